The number of aryl methyl sites for hydroxylation is 4. The quantitative estimate of drug-likeness (QED) is 0.418. The number of sulfonamides is 1. The van der Waals surface area contributed by atoms with E-state index in [1.54, 1.807) is 12.1 Å². The number of nitrogens with zero attached hydrogens (tertiary/aromatic N) is 2. The Labute approximate surface area is 196 Å². The fraction of sp³-hybridized carbons (Fsp3) is 0.400. The van der Waals surface area contributed by atoms with Crippen LogP contribution in [0.4, 0.5) is 5.69 Å². The van der Waals surface area contributed by atoms with Crippen LogP contribution in [0.5, 0.6) is 11.5 Å². The highest BCUT2D eigenvalue weighted by Gasteiger charge is 2.28. The van der Waals surface area contributed by atoms with Gasteiger partial charge in [-0.05, 0) is 57.4 Å². The Kier molecular flexibility index (Phi) is 7.37. The Balaban J connectivity index is 1.96. The average Bonchev–Trinajstić information content (AvgIpc) is 3.08. The lowest BCUT2D eigenvalue weighted by Gasteiger charge is -2.28. The number of methoxy groups -OCH3 is 1. The normalized spacial score (nSPS) is 11.6. The largest absolute Gasteiger partial charge is 0.493 e. The zero-order chi connectivity index (χ0) is 24.3. The number of ether oxygens (including phenoxy) is 2. The second kappa shape index (κ2) is 9.87. The van der Waals surface area contributed by atoms with E-state index in [9.17, 15) is 8.42 Å². The fourth-order valence-corrected chi connectivity index (χ4v) is 5.36. The van der Waals surface area contributed by atoms with Gasteiger partial charge in [0.05, 0.1) is 29.0 Å². The molecule has 0 unspecified atom stereocenters. The summed E-state index contributed by atoms with van der Waals surface area (Å²) < 4.78 is 45.5. The predicted octanol–water partition coefficient (Wildman–Crippen LogP) is 5.35. The molecule has 0 fully saturated rings. The summed E-state index contributed by atoms with van der Waals surface area (Å²) in [4.78, 5) is 0.143. The summed E-state index contributed by atoms with van der Waals surface area (Å²) in [7, 11) is -2.34. The van der Waals surface area contributed by atoms with Crippen molar-refractivity contribution in [1.82, 2.24) is 5.16 Å². The molecular formula is C25H32N2O5S. The Morgan fingerprint density at radius 1 is 1.03 bits per heavy atom. The van der Waals surface area contributed by atoms with Gasteiger partial charge in [0.1, 0.15) is 12.4 Å². The Morgan fingerprint density at radius 2 is 1.76 bits per heavy atom. The monoisotopic (exact) mass is 472 g/mol. The van der Waals surface area contributed by atoms with Crippen LogP contribution in [-0.2, 0) is 16.6 Å². The molecule has 0 spiro atoms. The highest BCUT2D eigenvalue weighted by atomic mass is 32.2. The van der Waals surface area contributed by atoms with Crippen LogP contribution in [0, 0.1) is 33.6 Å². The van der Waals surface area contributed by atoms with Crippen molar-refractivity contribution in [3.05, 3.63) is 64.5 Å². The molecule has 3 rings (SSSR count). The van der Waals surface area contributed by atoms with Crippen molar-refractivity contribution in [2.45, 2.75) is 53.0 Å². The number of benzene rings is 2. The molecule has 0 saturated heterocycles. The van der Waals surface area contributed by atoms with Crippen LogP contribution in [0.3, 0.4) is 0 Å². The van der Waals surface area contributed by atoms with E-state index in [1.165, 1.54) is 17.5 Å². The van der Waals surface area contributed by atoms with E-state index >= 15 is 0 Å². The summed E-state index contributed by atoms with van der Waals surface area (Å²) in [5.41, 5.74) is 4.27. The Morgan fingerprint density at radius 3 is 2.33 bits per heavy atom. The summed E-state index contributed by atoms with van der Waals surface area (Å²) >= 11 is 0. The zero-order valence-corrected chi connectivity index (χ0v) is 21.1. The molecule has 1 heterocycles. The molecule has 7 nitrogen and oxygen atoms in total. The van der Waals surface area contributed by atoms with Crippen LogP contribution >= 0.6 is 0 Å². The summed E-state index contributed by atoms with van der Waals surface area (Å²) in [6.45, 7) is 12.2. The Bertz CT molecular complexity index is 1210. The van der Waals surface area contributed by atoms with Gasteiger partial charge in [-0.2, -0.15) is 0 Å². The maximum Gasteiger partial charge on any atom is 0.264 e. The molecular weight excluding hydrogens is 440 g/mol. The molecule has 0 aliphatic rings. The average molecular weight is 473 g/mol. The molecule has 2 aromatic carbocycles. The van der Waals surface area contributed by atoms with E-state index in [0.29, 0.717) is 29.5 Å². The van der Waals surface area contributed by atoms with E-state index < -0.39 is 10.0 Å². The molecule has 0 aliphatic carbocycles. The maximum absolute atomic E-state index is 13.7. The van der Waals surface area contributed by atoms with Gasteiger partial charge in [0.25, 0.3) is 10.0 Å². The lowest BCUT2D eigenvalue weighted by molar-refractivity contribution is 0.281. The van der Waals surface area contributed by atoms with Crippen LogP contribution in [0.15, 0.2) is 45.8 Å². The minimum Gasteiger partial charge on any atom is -0.493 e. The number of hydrogen-bond acceptors (Lipinski definition) is 6. The molecule has 0 atom stereocenters. The van der Waals surface area contributed by atoms with E-state index in [-0.39, 0.29) is 17.4 Å². The minimum atomic E-state index is -3.83. The van der Waals surface area contributed by atoms with Crippen molar-refractivity contribution in [3.63, 3.8) is 0 Å². The second-order valence-corrected chi connectivity index (χ2v) is 10.5. The smallest absolute Gasteiger partial charge is 0.264 e. The fourth-order valence-electron chi connectivity index (χ4n) is 3.66. The highest BCUT2D eigenvalue weighted by molar-refractivity contribution is 7.92. The molecule has 0 N–H and O–H groups in total. The van der Waals surface area contributed by atoms with Gasteiger partial charge in [0, 0.05) is 12.6 Å². The molecule has 1 aromatic heterocycles. The van der Waals surface area contributed by atoms with Crippen LogP contribution < -0.4 is 13.8 Å². The van der Waals surface area contributed by atoms with Crippen molar-refractivity contribution in [1.29, 1.82) is 0 Å². The third-order valence-corrected chi connectivity index (χ3v) is 7.20. The molecule has 0 radical (unpaired) electrons. The highest BCUT2D eigenvalue weighted by Crippen LogP contribution is 2.34. The summed E-state index contributed by atoms with van der Waals surface area (Å²) in [5.74, 6) is 1.61. The van der Waals surface area contributed by atoms with Crippen molar-refractivity contribution in [3.8, 4) is 11.5 Å². The first-order valence-electron chi connectivity index (χ1n) is 10.9. The number of hydrogen-bond donors (Lipinski definition) is 0. The molecule has 8 heteroatoms. The van der Waals surface area contributed by atoms with Gasteiger partial charge < -0.3 is 14.0 Å². The molecule has 178 valence electrons. The first kappa shape index (κ1) is 24.6. The lowest BCUT2D eigenvalue weighted by Crippen LogP contribution is -2.34. The Hall–Kier alpha value is -3.00. The predicted molar refractivity (Wildman–Crippen MR) is 129 cm³/mol. The summed E-state index contributed by atoms with van der Waals surface area (Å²) in [5, 5.41) is 3.93. The van der Waals surface area contributed by atoms with Gasteiger partial charge in [-0.25, -0.2) is 8.42 Å². The molecule has 0 amide bonds. The van der Waals surface area contributed by atoms with Crippen molar-refractivity contribution in [2.75, 3.05) is 18.0 Å². The van der Waals surface area contributed by atoms with Crippen molar-refractivity contribution in [2.24, 2.45) is 5.92 Å². The lowest BCUT2D eigenvalue weighted by atomic mass is 10.1. The molecule has 0 bridgehead atoms. The molecule has 0 saturated carbocycles. The number of anilines is 1. The third kappa shape index (κ3) is 5.33. The zero-order valence-electron chi connectivity index (χ0n) is 20.3. The van der Waals surface area contributed by atoms with E-state index in [1.807, 2.05) is 59.7 Å². The van der Waals surface area contributed by atoms with Gasteiger partial charge >= 0.3 is 0 Å². The molecule has 33 heavy (non-hydrogen) atoms. The number of rotatable bonds is 9. The van der Waals surface area contributed by atoms with Crippen LogP contribution in [-0.4, -0.2) is 27.2 Å². The van der Waals surface area contributed by atoms with E-state index in [2.05, 4.69) is 5.16 Å². The molecule has 3 aromatic rings. The number of aromatic nitrogens is 1. The van der Waals surface area contributed by atoms with Gasteiger partial charge in [-0.15, -0.1) is 0 Å². The van der Waals surface area contributed by atoms with Crippen molar-refractivity contribution < 1.29 is 22.4 Å². The van der Waals surface area contributed by atoms with Crippen molar-refractivity contribution >= 4 is 15.7 Å². The second-order valence-electron chi connectivity index (χ2n) is 8.62. The SMILES string of the molecule is COc1cc(S(=O)(=O)N(CC(C)C)c2ccc(C)cc2C)ccc1OCc1c(C)noc1C. The topological polar surface area (TPSA) is 81.9 Å². The minimum absolute atomic E-state index is 0.139. The van der Waals surface area contributed by atoms with Gasteiger partial charge in [0.2, 0.25) is 0 Å². The summed E-state index contributed by atoms with van der Waals surface area (Å²) in [6, 6.07) is 10.5. The van der Waals surface area contributed by atoms with Crippen LogP contribution in [0.1, 0.15) is 42.0 Å². The van der Waals surface area contributed by atoms with E-state index in [4.69, 9.17) is 14.0 Å². The summed E-state index contributed by atoms with van der Waals surface area (Å²) in [6.07, 6.45) is 0. The van der Waals surface area contributed by atoms with E-state index in [0.717, 1.165) is 22.4 Å². The van der Waals surface area contributed by atoms with Gasteiger partial charge in [-0.3, -0.25) is 4.31 Å². The maximum atomic E-state index is 13.7. The molecule has 0 aliphatic heterocycles. The van der Waals surface area contributed by atoms with Gasteiger partial charge in [0.15, 0.2) is 11.5 Å². The van der Waals surface area contributed by atoms with Gasteiger partial charge in [-0.1, -0.05) is 36.7 Å². The first-order chi connectivity index (χ1) is 15.5. The standard InChI is InChI=1S/C25H32N2O5S/c1-16(2)14-27(23-10-8-17(3)12-18(23)4)33(28,29)21-9-11-24(25(13-21)30-7)31-15-22-19(5)26-32-20(22)6/h8-13,16H,14-15H2,1-7H3. The van der Waals surface area contributed by atoms with Crippen LogP contribution in [0.25, 0.3) is 0 Å². The first-order valence-corrected chi connectivity index (χ1v) is 12.3. The van der Waals surface area contributed by atoms with Crippen LogP contribution in [0.2, 0.25) is 0 Å². The third-order valence-electron chi connectivity index (χ3n) is 5.43.